The Morgan fingerprint density at radius 1 is 0.824 bits per heavy atom. The molecule has 106 valence electrons. The summed E-state index contributed by atoms with van der Waals surface area (Å²) in [6.45, 7) is 6.42. The second kappa shape index (κ2) is 14.5. The molecule has 1 aliphatic heterocycles. The lowest BCUT2D eigenvalue weighted by Crippen LogP contribution is -2.43. The van der Waals surface area contributed by atoms with Crippen molar-refractivity contribution in [3.05, 3.63) is 0 Å². The topological polar surface area (TPSA) is 35.5 Å². The van der Waals surface area contributed by atoms with E-state index in [0.717, 1.165) is 19.5 Å². The number of hydrogen-bond acceptors (Lipinski definition) is 3. The molecular formula is C12H28Cl2N2O. The summed E-state index contributed by atoms with van der Waals surface area (Å²) in [4.78, 5) is 2.56. The number of hydrogen-bond donors (Lipinski definition) is 2. The molecule has 0 spiro atoms. The highest BCUT2D eigenvalue weighted by atomic mass is 35.5. The van der Waals surface area contributed by atoms with Gasteiger partial charge in [-0.2, -0.15) is 0 Å². The van der Waals surface area contributed by atoms with Crippen LogP contribution in [0.25, 0.3) is 0 Å². The van der Waals surface area contributed by atoms with Gasteiger partial charge in [-0.1, -0.05) is 25.7 Å². The summed E-state index contributed by atoms with van der Waals surface area (Å²) in [7, 11) is 0. The van der Waals surface area contributed by atoms with Crippen LogP contribution in [0.3, 0.4) is 0 Å². The van der Waals surface area contributed by atoms with Gasteiger partial charge in [0, 0.05) is 32.8 Å². The van der Waals surface area contributed by atoms with Crippen LogP contribution in [0.5, 0.6) is 0 Å². The Labute approximate surface area is 118 Å². The Morgan fingerprint density at radius 2 is 1.35 bits per heavy atom. The van der Waals surface area contributed by atoms with Gasteiger partial charge in [0.15, 0.2) is 0 Å². The second-order valence-corrected chi connectivity index (χ2v) is 4.44. The zero-order chi connectivity index (χ0) is 10.8. The third kappa shape index (κ3) is 11.3. The highest BCUT2D eigenvalue weighted by Gasteiger charge is 2.07. The summed E-state index contributed by atoms with van der Waals surface area (Å²) in [6, 6.07) is 0. The van der Waals surface area contributed by atoms with E-state index in [-0.39, 0.29) is 24.8 Å². The van der Waals surface area contributed by atoms with Gasteiger partial charge in [-0.15, -0.1) is 24.8 Å². The average Bonchev–Trinajstić information content (AvgIpc) is 2.29. The van der Waals surface area contributed by atoms with Crippen molar-refractivity contribution in [3.8, 4) is 0 Å². The predicted molar refractivity (Wildman–Crippen MR) is 78.6 cm³/mol. The maximum Gasteiger partial charge on any atom is 0.0431 e. The molecule has 0 aromatic rings. The average molecular weight is 287 g/mol. The van der Waals surface area contributed by atoms with Crippen molar-refractivity contribution >= 4 is 24.8 Å². The first-order valence-corrected chi connectivity index (χ1v) is 6.47. The van der Waals surface area contributed by atoms with Crippen LogP contribution in [-0.4, -0.2) is 49.3 Å². The first-order valence-electron chi connectivity index (χ1n) is 6.47. The number of piperazine rings is 1. The fourth-order valence-electron chi connectivity index (χ4n) is 2.09. The van der Waals surface area contributed by atoms with Crippen molar-refractivity contribution in [2.24, 2.45) is 0 Å². The van der Waals surface area contributed by atoms with Crippen molar-refractivity contribution in [3.63, 3.8) is 0 Å². The van der Waals surface area contributed by atoms with E-state index in [4.69, 9.17) is 5.11 Å². The van der Waals surface area contributed by atoms with E-state index in [1.54, 1.807) is 0 Å². The first kappa shape index (κ1) is 19.8. The van der Waals surface area contributed by atoms with Crippen LogP contribution in [0, 0.1) is 0 Å². The minimum absolute atomic E-state index is 0. The summed E-state index contributed by atoms with van der Waals surface area (Å²) in [5.74, 6) is 0. The van der Waals surface area contributed by atoms with Gasteiger partial charge in [-0.25, -0.2) is 0 Å². The Hall–Kier alpha value is 0.460. The molecule has 0 amide bonds. The van der Waals surface area contributed by atoms with E-state index in [1.807, 2.05) is 0 Å². The third-order valence-corrected chi connectivity index (χ3v) is 3.09. The van der Waals surface area contributed by atoms with Crippen molar-refractivity contribution in [2.75, 3.05) is 39.3 Å². The Balaban J connectivity index is 0. The number of nitrogens with one attached hydrogen (secondary N) is 1. The molecule has 2 N–H and O–H groups in total. The van der Waals surface area contributed by atoms with Crippen LogP contribution < -0.4 is 5.32 Å². The van der Waals surface area contributed by atoms with Crippen LogP contribution >= 0.6 is 24.8 Å². The van der Waals surface area contributed by atoms with Gasteiger partial charge < -0.3 is 15.3 Å². The van der Waals surface area contributed by atoms with Crippen molar-refractivity contribution in [2.45, 2.75) is 38.5 Å². The van der Waals surface area contributed by atoms with E-state index in [9.17, 15) is 0 Å². The SMILES string of the molecule is Cl.Cl.OCCCCCCCCN1CCNCC1. The molecule has 0 aromatic carbocycles. The minimum atomic E-state index is 0. The van der Waals surface area contributed by atoms with E-state index in [0.29, 0.717) is 6.61 Å². The highest BCUT2D eigenvalue weighted by molar-refractivity contribution is 5.85. The fraction of sp³-hybridized carbons (Fsp3) is 1.00. The van der Waals surface area contributed by atoms with Crippen LogP contribution in [0.1, 0.15) is 38.5 Å². The number of nitrogens with zero attached hydrogens (tertiary/aromatic N) is 1. The molecule has 3 nitrogen and oxygen atoms in total. The lowest BCUT2D eigenvalue weighted by atomic mass is 10.1. The van der Waals surface area contributed by atoms with E-state index in [2.05, 4.69) is 10.2 Å². The van der Waals surface area contributed by atoms with Gasteiger partial charge in [0.05, 0.1) is 0 Å². The maximum atomic E-state index is 8.63. The first-order chi connectivity index (χ1) is 7.43. The molecule has 17 heavy (non-hydrogen) atoms. The number of halogens is 2. The van der Waals surface area contributed by atoms with E-state index < -0.39 is 0 Å². The van der Waals surface area contributed by atoms with Gasteiger partial charge in [-0.05, 0) is 19.4 Å². The molecule has 1 fully saturated rings. The predicted octanol–water partition coefficient (Wildman–Crippen LogP) is 2.07. The molecule has 0 aliphatic carbocycles. The molecular weight excluding hydrogens is 259 g/mol. The van der Waals surface area contributed by atoms with Gasteiger partial charge in [0.1, 0.15) is 0 Å². The molecule has 0 aromatic heterocycles. The zero-order valence-electron chi connectivity index (χ0n) is 10.7. The quantitative estimate of drug-likeness (QED) is 0.671. The summed E-state index contributed by atoms with van der Waals surface area (Å²) in [6.07, 6.45) is 7.52. The fourth-order valence-corrected chi connectivity index (χ4v) is 2.09. The van der Waals surface area contributed by atoms with Gasteiger partial charge >= 0.3 is 0 Å². The maximum absolute atomic E-state index is 8.63. The Morgan fingerprint density at radius 3 is 1.94 bits per heavy atom. The summed E-state index contributed by atoms with van der Waals surface area (Å²) >= 11 is 0. The van der Waals surface area contributed by atoms with Gasteiger partial charge in [0.2, 0.25) is 0 Å². The second-order valence-electron chi connectivity index (χ2n) is 4.44. The standard InChI is InChI=1S/C12H26N2O.2ClH/c15-12-6-4-2-1-3-5-9-14-10-7-13-8-11-14;;/h13,15H,1-12H2;2*1H. The molecule has 0 unspecified atom stereocenters. The van der Waals surface area contributed by atoms with Crippen LogP contribution in [0.2, 0.25) is 0 Å². The van der Waals surface area contributed by atoms with Crippen molar-refractivity contribution in [1.29, 1.82) is 0 Å². The Bertz CT molecular complexity index is 144. The van der Waals surface area contributed by atoms with Gasteiger partial charge in [0.25, 0.3) is 0 Å². The minimum Gasteiger partial charge on any atom is -0.396 e. The molecule has 1 saturated heterocycles. The molecule has 0 bridgehead atoms. The van der Waals surface area contributed by atoms with E-state index in [1.165, 1.54) is 51.7 Å². The molecule has 1 rings (SSSR count). The third-order valence-electron chi connectivity index (χ3n) is 3.09. The number of aliphatic hydroxyl groups excluding tert-OH is 1. The molecule has 0 saturated carbocycles. The summed E-state index contributed by atoms with van der Waals surface area (Å²) < 4.78 is 0. The normalized spacial score (nSPS) is 16.1. The lowest BCUT2D eigenvalue weighted by Gasteiger charge is -2.26. The lowest BCUT2D eigenvalue weighted by molar-refractivity contribution is 0.235. The number of unbranched alkanes of at least 4 members (excludes halogenated alkanes) is 5. The smallest absolute Gasteiger partial charge is 0.0431 e. The monoisotopic (exact) mass is 286 g/mol. The molecule has 0 radical (unpaired) electrons. The molecule has 5 heteroatoms. The van der Waals surface area contributed by atoms with Crippen LogP contribution in [0.15, 0.2) is 0 Å². The molecule has 1 aliphatic rings. The van der Waals surface area contributed by atoms with Crippen molar-refractivity contribution < 1.29 is 5.11 Å². The highest BCUT2D eigenvalue weighted by Crippen LogP contribution is 2.06. The molecule has 1 heterocycles. The number of aliphatic hydroxyl groups is 1. The van der Waals surface area contributed by atoms with E-state index >= 15 is 0 Å². The summed E-state index contributed by atoms with van der Waals surface area (Å²) in [5, 5.41) is 12.0. The van der Waals surface area contributed by atoms with Crippen LogP contribution in [0.4, 0.5) is 0 Å². The largest absolute Gasteiger partial charge is 0.396 e. The van der Waals surface area contributed by atoms with Gasteiger partial charge in [-0.3, -0.25) is 0 Å². The summed E-state index contributed by atoms with van der Waals surface area (Å²) in [5.41, 5.74) is 0. The van der Waals surface area contributed by atoms with Crippen LogP contribution in [-0.2, 0) is 0 Å². The Kier molecular flexibility index (Phi) is 16.9. The zero-order valence-corrected chi connectivity index (χ0v) is 12.3. The number of rotatable bonds is 8. The molecule has 0 atom stereocenters. The van der Waals surface area contributed by atoms with Crippen molar-refractivity contribution in [1.82, 2.24) is 10.2 Å².